The molecule has 114 valence electrons. The monoisotopic (exact) mass is 287 g/mol. The zero-order valence-corrected chi connectivity index (χ0v) is 12.0. The van der Waals surface area contributed by atoms with Crippen LogP contribution in [0.25, 0.3) is 0 Å². The molecule has 0 bridgehead atoms. The Hall–Kier alpha value is -1.83. The van der Waals surface area contributed by atoms with Gasteiger partial charge in [0.15, 0.2) is 0 Å². The summed E-state index contributed by atoms with van der Waals surface area (Å²) in [7, 11) is 0. The number of nitrogens with two attached hydrogens (primary N) is 1. The summed E-state index contributed by atoms with van der Waals surface area (Å²) >= 11 is 0. The molecular weight excluding hydrogens is 266 g/mol. The standard InChI is InChI=1S/C12H21N3O5/c1-12(2,3)19-11(18)15-6-4-5-8(15)10(17)20-14-7-9(13)16/h8,14H,4-7H2,1-3H3,(H2,13,16)/t8-/m0/s1. The van der Waals surface area contributed by atoms with Crippen molar-refractivity contribution in [1.82, 2.24) is 10.4 Å². The molecule has 1 aliphatic heterocycles. The number of hydrogen-bond acceptors (Lipinski definition) is 6. The zero-order valence-electron chi connectivity index (χ0n) is 12.0. The van der Waals surface area contributed by atoms with E-state index in [4.69, 9.17) is 15.3 Å². The molecule has 3 N–H and O–H groups in total. The van der Waals surface area contributed by atoms with Crippen LogP contribution >= 0.6 is 0 Å². The third-order valence-electron chi connectivity index (χ3n) is 2.57. The molecule has 20 heavy (non-hydrogen) atoms. The number of primary amides is 1. The number of carbonyl (C=O) groups excluding carboxylic acids is 3. The minimum absolute atomic E-state index is 0.273. The predicted octanol–water partition coefficient (Wildman–Crippen LogP) is -0.0810. The Kier molecular flexibility index (Phi) is 5.32. The molecule has 0 aromatic rings. The summed E-state index contributed by atoms with van der Waals surface area (Å²) in [4.78, 5) is 40.3. The SMILES string of the molecule is CC(C)(C)OC(=O)N1CCC[C@H]1C(=O)ONCC(N)=O. The molecule has 0 saturated carbocycles. The van der Waals surface area contributed by atoms with E-state index in [1.54, 1.807) is 20.8 Å². The normalized spacial score (nSPS) is 18.8. The van der Waals surface area contributed by atoms with Crippen LogP contribution in [0.1, 0.15) is 33.6 Å². The van der Waals surface area contributed by atoms with E-state index in [1.165, 1.54) is 4.90 Å². The Morgan fingerprint density at radius 1 is 1.35 bits per heavy atom. The van der Waals surface area contributed by atoms with Crippen LogP contribution in [0.2, 0.25) is 0 Å². The fraction of sp³-hybridized carbons (Fsp3) is 0.750. The highest BCUT2D eigenvalue weighted by Crippen LogP contribution is 2.21. The molecule has 0 aromatic heterocycles. The Labute approximate surface area is 117 Å². The number of nitrogens with one attached hydrogen (secondary N) is 1. The van der Waals surface area contributed by atoms with Crippen molar-refractivity contribution in [3.8, 4) is 0 Å². The molecule has 0 aromatic carbocycles. The summed E-state index contributed by atoms with van der Waals surface area (Å²) in [5, 5.41) is 0. The number of nitrogens with zero attached hydrogens (tertiary/aromatic N) is 1. The first-order valence-electron chi connectivity index (χ1n) is 6.42. The predicted molar refractivity (Wildman–Crippen MR) is 69.3 cm³/mol. The number of ether oxygens (including phenoxy) is 1. The van der Waals surface area contributed by atoms with Crippen LogP contribution in [0.3, 0.4) is 0 Å². The van der Waals surface area contributed by atoms with E-state index >= 15 is 0 Å². The molecule has 8 nitrogen and oxygen atoms in total. The van der Waals surface area contributed by atoms with Crippen molar-refractivity contribution in [1.29, 1.82) is 0 Å². The van der Waals surface area contributed by atoms with Gasteiger partial charge in [0.05, 0.1) is 0 Å². The Bertz CT molecular complexity index is 391. The molecule has 1 saturated heterocycles. The van der Waals surface area contributed by atoms with Gasteiger partial charge < -0.3 is 15.3 Å². The van der Waals surface area contributed by atoms with Gasteiger partial charge >= 0.3 is 12.1 Å². The van der Waals surface area contributed by atoms with Crippen molar-refractivity contribution in [2.24, 2.45) is 5.73 Å². The summed E-state index contributed by atoms with van der Waals surface area (Å²) in [6.07, 6.45) is 0.636. The maximum absolute atomic E-state index is 12.0. The number of hydroxylamine groups is 1. The lowest BCUT2D eigenvalue weighted by Gasteiger charge is -2.27. The van der Waals surface area contributed by atoms with E-state index in [0.717, 1.165) is 0 Å². The van der Waals surface area contributed by atoms with E-state index < -0.39 is 29.6 Å². The summed E-state index contributed by atoms with van der Waals surface area (Å²) < 4.78 is 5.23. The van der Waals surface area contributed by atoms with Gasteiger partial charge in [0.2, 0.25) is 5.91 Å². The molecule has 0 spiro atoms. The Morgan fingerprint density at radius 2 is 2.00 bits per heavy atom. The minimum Gasteiger partial charge on any atom is -0.444 e. The van der Waals surface area contributed by atoms with Crippen molar-refractivity contribution in [3.63, 3.8) is 0 Å². The maximum Gasteiger partial charge on any atom is 0.411 e. The topological polar surface area (TPSA) is 111 Å². The molecule has 1 fully saturated rings. The lowest BCUT2D eigenvalue weighted by atomic mass is 10.2. The Balaban J connectivity index is 2.53. The molecular formula is C12H21N3O5. The number of hydrogen-bond donors (Lipinski definition) is 2. The first-order chi connectivity index (χ1) is 9.20. The largest absolute Gasteiger partial charge is 0.444 e. The second-order valence-corrected chi connectivity index (χ2v) is 5.54. The van der Waals surface area contributed by atoms with Crippen molar-refractivity contribution in [2.45, 2.75) is 45.3 Å². The van der Waals surface area contributed by atoms with Crippen LogP contribution in [-0.2, 0) is 19.2 Å². The fourth-order valence-corrected chi connectivity index (χ4v) is 1.80. The third kappa shape index (κ3) is 5.04. The second kappa shape index (κ2) is 6.56. The third-order valence-corrected chi connectivity index (χ3v) is 2.57. The van der Waals surface area contributed by atoms with Crippen LogP contribution in [0.5, 0.6) is 0 Å². The van der Waals surface area contributed by atoms with E-state index in [1.807, 2.05) is 0 Å². The van der Waals surface area contributed by atoms with Gasteiger partial charge in [0, 0.05) is 6.54 Å². The van der Waals surface area contributed by atoms with Gasteiger partial charge in [-0.1, -0.05) is 0 Å². The molecule has 1 heterocycles. The first-order valence-corrected chi connectivity index (χ1v) is 6.42. The summed E-state index contributed by atoms with van der Waals surface area (Å²) in [6.45, 7) is 5.42. The molecule has 0 radical (unpaired) electrons. The van der Waals surface area contributed by atoms with Crippen molar-refractivity contribution < 1.29 is 24.0 Å². The highest BCUT2D eigenvalue weighted by molar-refractivity contribution is 5.82. The van der Waals surface area contributed by atoms with Crippen LogP contribution in [0.15, 0.2) is 0 Å². The van der Waals surface area contributed by atoms with Crippen molar-refractivity contribution in [3.05, 3.63) is 0 Å². The molecule has 0 unspecified atom stereocenters. The average molecular weight is 287 g/mol. The number of amides is 2. The van der Waals surface area contributed by atoms with Crippen LogP contribution in [0.4, 0.5) is 4.79 Å². The minimum atomic E-state index is -0.703. The quantitative estimate of drug-likeness (QED) is 0.700. The van der Waals surface area contributed by atoms with Crippen LogP contribution in [-0.4, -0.2) is 47.6 Å². The van der Waals surface area contributed by atoms with Gasteiger partial charge in [-0.25, -0.2) is 9.59 Å². The van der Waals surface area contributed by atoms with E-state index in [0.29, 0.717) is 19.4 Å². The molecule has 1 rings (SSSR count). The van der Waals surface area contributed by atoms with Crippen molar-refractivity contribution >= 4 is 18.0 Å². The van der Waals surface area contributed by atoms with Gasteiger partial charge in [-0.2, -0.15) is 0 Å². The van der Waals surface area contributed by atoms with Crippen LogP contribution in [0, 0.1) is 0 Å². The molecule has 2 amide bonds. The second-order valence-electron chi connectivity index (χ2n) is 5.54. The number of likely N-dealkylation sites (tertiary alicyclic amines) is 1. The molecule has 8 heteroatoms. The fourth-order valence-electron chi connectivity index (χ4n) is 1.80. The highest BCUT2D eigenvalue weighted by Gasteiger charge is 2.37. The maximum atomic E-state index is 12.0. The van der Waals surface area contributed by atoms with E-state index in [-0.39, 0.29) is 6.54 Å². The van der Waals surface area contributed by atoms with Gasteiger partial charge in [-0.15, -0.1) is 5.48 Å². The Morgan fingerprint density at radius 3 is 2.55 bits per heavy atom. The van der Waals surface area contributed by atoms with E-state index in [9.17, 15) is 14.4 Å². The molecule has 1 atom stereocenters. The highest BCUT2D eigenvalue weighted by atomic mass is 16.7. The number of rotatable bonds is 4. The van der Waals surface area contributed by atoms with E-state index in [2.05, 4.69) is 5.48 Å². The average Bonchev–Trinajstić information content (AvgIpc) is 2.74. The lowest BCUT2D eigenvalue weighted by molar-refractivity contribution is -0.156. The van der Waals surface area contributed by atoms with Gasteiger partial charge in [-0.05, 0) is 33.6 Å². The van der Waals surface area contributed by atoms with Gasteiger partial charge in [-0.3, -0.25) is 9.69 Å². The van der Waals surface area contributed by atoms with Crippen molar-refractivity contribution in [2.75, 3.05) is 13.1 Å². The van der Waals surface area contributed by atoms with Gasteiger partial charge in [0.1, 0.15) is 18.2 Å². The molecule has 1 aliphatic rings. The lowest BCUT2D eigenvalue weighted by Crippen LogP contribution is -2.45. The zero-order chi connectivity index (χ0) is 15.3. The van der Waals surface area contributed by atoms with Gasteiger partial charge in [0.25, 0.3) is 0 Å². The van der Waals surface area contributed by atoms with Crippen LogP contribution < -0.4 is 11.2 Å². The first kappa shape index (κ1) is 16.2. The summed E-state index contributed by atoms with van der Waals surface area (Å²) in [5.74, 6) is -1.28. The smallest absolute Gasteiger partial charge is 0.411 e. The number of carbonyl (C=O) groups is 3. The summed E-state index contributed by atoms with van der Waals surface area (Å²) in [6, 6.07) is -0.703. The summed E-state index contributed by atoms with van der Waals surface area (Å²) in [5.41, 5.74) is 6.44. The molecule has 0 aliphatic carbocycles.